The van der Waals surface area contributed by atoms with Gasteiger partial charge in [-0.3, -0.25) is 0 Å². The molecule has 0 spiro atoms. The molecule has 1 saturated heterocycles. The molecular weight excluding hydrogens is 202 g/mol. The van der Waals surface area contributed by atoms with Gasteiger partial charge < -0.3 is 9.84 Å². The van der Waals surface area contributed by atoms with Gasteiger partial charge >= 0.3 is 0 Å². The van der Waals surface area contributed by atoms with Crippen molar-refractivity contribution in [2.45, 2.75) is 31.7 Å². The summed E-state index contributed by atoms with van der Waals surface area (Å²) in [5.41, 5.74) is 0.647. The standard InChI is InChI=1S/C13H18NO2/c1-13(2)14(3)11(9-15)12(16-13)10-7-5-4-6-8-10/h4-8,11-12,15H,3,9H2,1-2H3/q+1/t11-,12-/m1/s1. The van der Waals surface area contributed by atoms with Gasteiger partial charge in [0.1, 0.15) is 13.3 Å². The number of ether oxygens (including phenoxy) is 1. The van der Waals surface area contributed by atoms with E-state index in [1.54, 1.807) is 0 Å². The first kappa shape index (κ1) is 11.3. The molecule has 3 nitrogen and oxygen atoms in total. The third-order valence-corrected chi connectivity index (χ3v) is 3.17. The van der Waals surface area contributed by atoms with Crippen LogP contribution in [0.3, 0.4) is 0 Å². The smallest absolute Gasteiger partial charge is 0.261 e. The van der Waals surface area contributed by atoms with Crippen LogP contribution in [0.15, 0.2) is 30.3 Å². The second-order valence-corrected chi connectivity index (χ2v) is 4.62. The van der Waals surface area contributed by atoms with Crippen LogP contribution in [-0.2, 0) is 4.74 Å². The van der Waals surface area contributed by atoms with Crippen molar-refractivity contribution in [3.63, 3.8) is 0 Å². The SMILES string of the molecule is C=[N+]1[C@H](CO)[C@@H](c2ccccc2)OC1(C)C. The molecule has 86 valence electrons. The first-order valence-electron chi connectivity index (χ1n) is 5.50. The van der Waals surface area contributed by atoms with Gasteiger partial charge in [-0.05, 0) is 5.56 Å². The highest BCUT2D eigenvalue weighted by atomic mass is 16.5. The molecule has 16 heavy (non-hydrogen) atoms. The van der Waals surface area contributed by atoms with E-state index in [2.05, 4.69) is 6.72 Å². The Kier molecular flexibility index (Phi) is 2.82. The van der Waals surface area contributed by atoms with Crippen LogP contribution in [0.4, 0.5) is 0 Å². The molecule has 0 bridgehead atoms. The molecule has 1 aromatic rings. The molecule has 0 aromatic heterocycles. The molecule has 0 radical (unpaired) electrons. The second kappa shape index (κ2) is 4.00. The predicted molar refractivity (Wildman–Crippen MR) is 62.6 cm³/mol. The van der Waals surface area contributed by atoms with Crippen LogP contribution < -0.4 is 0 Å². The first-order valence-corrected chi connectivity index (χ1v) is 5.50. The van der Waals surface area contributed by atoms with E-state index in [4.69, 9.17) is 4.74 Å². The minimum absolute atomic E-state index is 0.0481. The first-order chi connectivity index (χ1) is 7.56. The Morgan fingerprint density at radius 3 is 2.56 bits per heavy atom. The largest absolute Gasteiger partial charge is 0.389 e. The van der Waals surface area contributed by atoms with Gasteiger partial charge in [0.25, 0.3) is 5.72 Å². The average molecular weight is 220 g/mol. The number of rotatable bonds is 2. The summed E-state index contributed by atoms with van der Waals surface area (Å²) >= 11 is 0. The number of aliphatic hydroxyl groups excluding tert-OH is 1. The number of aliphatic hydroxyl groups is 1. The third-order valence-electron chi connectivity index (χ3n) is 3.17. The fraction of sp³-hybridized carbons (Fsp3) is 0.462. The molecule has 1 N–H and O–H groups in total. The molecule has 0 unspecified atom stereocenters. The zero-order valence-corrected chi connectivity index (χ0v) is 9.76. The molecule has 1 heterocycles. The highest BCUT2D eigenvalue weighted by molar-refractivity contribution is 5.22. The molecule has 0 saturated carbocycles. The van der Waals surface area contributed by atoms with E-state index < -0.39 is 5.72 Å². The summed E-state index contributed by atoms with van der Waals surface area (Å²) in [6, 6.07) is 9.87. The molecule has 3 heteroatoms. The van der Waals surface area contributed by atoms with E-state index in [1.807, 2.05) is 48.8 Å². The lowest BCUT2D eigenvalue weighted by Crippen LogP contribution is -2.36. The van der Waals surface area contributed by atoms with Gasteiger partial charge in [-0.2, -0.15) is 0 Å². The van der Waals surface area contributed by atoms with E-state index in [-0.39, 0.29) is 18.8 Å². The van der Waals surface area contributed by atoms with E-state index in [0.717, 1.165) is 5.56 Å². The van der Waals surface area contributed by atoms with E-state index in [1.165, 1.54) is 0 Å². The number of hydrogen-bond acceptors (Lipinski definition) is 2. The molecule has 2 atom stereocenters. The maximum Gasteiger partial charge on any atom is 0.261 e. The molecule has 1 aliphatic rings. The molecule has 1 fully saturated rings. The van der Waals surface area contributed by atoms with Crippen molar-refractivity contribution in [1.29, 1.82) is 0 Å². The van der Waals surface area contributed by atoms with Gasteiger partial charge in [0.15, 0.2) is 6.10 Å². The maximum atomic E-state index is 9.44. The van der Waals surface area contributed by atoms with Gasteiger partial charge in [0.2, 0.25) is 6.04 Å². The highest BCUT2D eigenvalue weighted by Crippen LogP contribution is 2.36. The second-order valence-electron chi connectivity index (χ2n) is 4.62. The van der Waals surface area contributed by atoms with Crippen LogP contribution in [0.1, 0.15) is 25.5 Å². The van der Waals surface area contributed by atoms with Crippen LogP contribution >= 0.6 is 0 Å². The zero-order chi connectivity index (χ0) is 11.8. The summed E-state index contributed by atoms with van der Waals surface area (Å²) in [5, 5.41) is 9.44. The monoisotopic (exact) mass is 220 g/mol. The quantitative estimate of drug-likeness (QED) is 0.767. The molecule has 0 amide bonds. The van der Waals surface area contributed by atoms with Crippen LogP contribution in [0.25, 0.3) is 0 Å². The van der Waals surface area contributed by atoms with Crippen molar-refractivity contribution < 1.29 is 14.4 Å². The summed E-state index contributed by atoms with van der Waals surface area (Å²) < 4.78 is 7.79. The zero-order valence-electron chi connectivity index (χ0n) is 9.76. The van der Waals surface area contributed by atoms with Crippen LogP contribution in [0, 0.1) is 0 Å². The summed E-state index contributed by atoms with van der Waals surface area (Å²) in [6.45, 7) is 7.94. The van der Waals surface area contributed by atoms with Crippen molar-refractivity contribution in [3.05, 3.63) is 35.9 Å². The van der Waals surface area contributed by atoms with Crippen molar-refractivity contribution >= 4 is 6.72 Å². The minimum atomic E-state index is -0.437. The summed E-state index contributed by atoms with van der Waals surface area (Å²) in [7, 11) is 0. The summed E-state index contributed by atoms with van der Waals surface area (Å²) in [5.74, 6) is 0. The maximum absolute atomic E-state index is 9.44. The van der Waals surface area contributed by atoms with E-state index in [0.29, 0.717) is 0 Å². The lowest BCUT2D eigenvalue weighted by Gasteiger charge is -2.12. The van der Waals surface area contributed by atoms with Gasteiger partial charge in [-0.25, -0.2) is 4.58 Å². The Morgan fingerprint density at radius 2 is 2.00 bits per heavy atom. The fourth-order valence-electron chi connectivity index (χ4n) is 2.15. The van der Waals surface area contributed by atoms with Gasteiger partial charge in [-0.15, -0.1) is 0 Å². The van der Waals surface area contributed by atoms with Gasteiger partial charge in [-0.1, -0.05) is 30.3 Å². The normalized spacial score (nSPS) is 28.3. The van der Waals surface area contributed by atoms with Gasteiger partial charge in [0.05, 0.1) is 0 Å². The molecule has 0 aliphatic carbocycles. The van der Waals surface area contributed by atoms with Gasteiger partial charge in [0, 0.05) is 13.8 Å². The lowest BCUT2D eigenvalue weighted by atomic mass is 10.0. The van der Waals surface area contributed by atoms with Crippen LogP contribution in [0.5, 0.6) is 0 Å². The third kappa shape index (κ3) is 1.77. The highest BCUT2D eigenvalue weighted by Gasteiger charge is 2.50. The van der Waals surface area contributed by atoms with Crippen molar-refractivity contribution in [2.75, 3.05) is 6.61 Å². The predicted octanol–water partition coefficient (Wildman–Crippen LogP) is 1.57. The van der Waals surface area contributed by atoms with E-state index >= 15 is 0 Å². The molecule has 2 rings (SSSR count). The Bertz CT molecular complexity index is 386. The van der Waals surface area contributed by atoms with Crippen LogP contribution in [0.2, 0.25) is 0 Å². The molecule has 1 aromatic carbocycles. The van der Waals surface area contributed by atoms with Crippen molar-refractivity contribution in [3.8, 4) is 0 Å². The minimum Gasteiger partial charge on any atom is -0.389 e. The number of nitrogens with zero attached hydrogens (tertiary/aromatic N) is 1. The number of benzene rings is 1. The van der Waals surface area contributed by atoms with Crippen molar-refractivity contribution in [1.82, 2.24) is 0 Å². The Morgan fingerprint density at radius 1 is 1.38 bits per heavy atom. The van der Waals surface area contributed by atoms with Crippen LogP contribution in [-0.4, -0.2) is 34.8 Å². The van der Waals surface area contributed by atoms with Crippen molar-refractivity contribution in [2.24, 2.45) is 0 Å². The Labute approximate surface area is 96.0 Å². The molecule has 1 aliphatic heterocycles. The van der Waals surface area contributed by atoms with E-state index in [9.17, 15) is 5.11 Å². The Hall–Kier alpha value is -1.19. The summed E-state index contributed by atoms with van der Waals surface area (Å²) in [6.07, 6.45) is -0.112. The average Bonchev–Trinajstić information content (AvgIpc) is 2.52. The summed E-state index contributed by atoms with van der Waals surface area (Å²) in [4.78, 5) is 0. The topological polar surface area (TPSA) is 32.5 Å². The fourth-order valence-corrected chi connectivity index (χ4v) is 2.15. The Balaban J connectivity index is 2.33. The lowest BCUT2D eigenvalue weighted by molar-refractivity contribution is -0.630. The molecular formula is C13H18NO2+. The number of hydrogen-bond donors (Lipinski definition) is 1.